The molecule has 6 heteroatoms. The highest BCUT2D eigenvalue weighted by atomic mass is 79.9. The zero-order chi connectivity index (χ0) is 13.1. The van der Waals surface area contributed by atoms with E-state index in [1.165, 1.54) is 6.33 Å². The summed E-state index contributed by atoms with van der Waals surface area (Å²) in [5, 5.41) is 4.00. The van der Waals surface area contributed by atoms with Crippen molar-refractivity contribution in [2.24, 2.45) is 12.8 Å². The lowest BCUT2D eigenvalue weighted by Gasteiger charge is -2.13. The number of halogens is 1. The van der Waals surface area contributed by atoms with Gasteiger partial charge in [-0.2, -0.15) is 5.10 Å². The van der Waals surface area contributed by atoms with Crippen LogP contribution in [0, 0.1) is 6.92 Å². The summed E-state index contributed by atoms with van der Waals surface area (Å²) in [5.41, 5.74) is 7.76. The van der Waals surface area contributed by atoms with Crippen LogP contribution in [0.5, 0.6) is 5.75 Å². The molecule has 1 aromatic carbocycles. The van der Waals surface area contributed by atoms with E-state index in [1.54, 1.807) is 4.68 Å². The summed E-state index contributed by atoms with van der Waals surface area (Å²) in [5.74, 6) is 1.60. The largest absolute Gasteiger partial charge is 0.485 e. The molecule has 2 rings (SSSR count). The monoisotopic (exact) mass is 310 g/mol. The maximum Gasteiger partial charge on any atom is 0.164 e. The molecule has 0 unspecified atom stereocenters. The minimum atomic E-state index is 0.381. The number of rotatable bonds is 4. The van der Waals surface area contributed by atoms with Crippen molar-refractivity contribution in [2.45, 2.75) is 20.1 Å². The van der Waals surface area contributed by atoms with Crippen molar-refractivity contribution < 1.29 is 4.74 Å². The van der Waals surface area contributed by atoms with Crippen LogP contribution >= 0.6 is 15.9 Å². The third kappa shape index (κ3) is 2.70. The van der Waals surface area contributed by atoms with E-state index in [2.05, 4.69) is 26.0 Å². The van der Waals surface area contributed by atoms with E-state index >= 15 is 0 Å². The van der Waals surface area contributed by atoms with E-state index in [9.17, 15) is 0 Å². The first-order chi connectivity index (χ1) is 8.61. The zero-order valence-electron chi connectivity index (χ0n) is 10.4. The Morgan fingerprint density at radius 3 is 2.83 bits per heavy atom. The number of hydrogen-bond donors (Lipinski definition) is 1. The van der Waals surface area contributed by atoms with Crippen molar-refractivity contribution in [1.29, 1.82) is 0 Å². The van der Waals surface area contributed by atoms with E-state index < -0.39 is 0 Å². The molecule has 5 nitrogen and oxygen atoms in total. The maximum absolute atomic E-state index is 5.81. The van der Waals surface area contributed by atoms with Crippen molar-refractivity contribution in [3.63, 3.8) is 0 Å². The normalized spacial score (nSPS) is 10.7. The van der Waals surface area contributed by atoms with Gasteiger partial charge in [-0.05, 0) is 24.6 Å². The fraction of sp³-hybridized carbons (Fsp3) is 0.333. The van der Waals surface area contributed by atoms with Gasteiger partial charge in [-0.15, -0.1) is 0 Å². The summed E-state index contributed by atoms with van der Waals surface area (Å²) in [6.07, 6.45) is 1.51. The molecule has 18 heavy (non-hydrogen) atoms. The van der Waals surface area contributed by atoms with Gasteiger partial charge in [-0.1, -0.05) is 15.9 Å². The summed E-state index contributed by atoms with van der Waals surface area (Å²) in [6, 6.07) is 3.98. The first-order valence-electron chi connectivity index (χ1n) is 5.56. The molecule has 0 atom stereocenters. The Bertz CT molecular complexity index is 553. The van der Waals surface area contributed by atoms with Gasteiger partial charge >= 0.3 is 0 Å². The van der Waals surface area contributed by atoms with Crippen LogP contribution in [0.2, 0.25) is 0 Å². The number of benzene rings is 1. The Morgan fingerprint density at radius 2 is 2.22 bits per heavy atom. The van der Waals surface area contributed by atoms with Crippen molar-refractivity contribution in [3.8, 4) is 5.75 Å². The van der Waals surface area contributed by atoms with Crippen LogP contribution in [0.25, 0.3) is 0 Å². The summed E-state index contributed by atoms with van der Waals surface area (Å²) in [6.45, 7) is 2.82. The highest BCUT2D eigenvalue weighted by molar-refractivity contribution is 9.10. The third-order valence-electron chi connectivity index (χ3n) is 2.69. The lowest BCUT2D eigenvalue weighted by molar-refractivity contribution is 0.285. The topological polar surface area (TPSA) is 66.0 Å². The summed E-state index contributed by atoms with van der Waals surface area (Å²) in [7, 11) is 1.84. The highest BCUT2D eigenvalue weighted by Gasteiger charge is 2.09. The molecule has 1 heterocycles. The van der Waals surface area contributed by atoms with Gasteiger partial charge in [-0.25, -0.2) is 4.98 Å². The molecule has 1 aromatic heterocycles. The van der Waals surface area contributed by atoms with Crippen molar-refractivity contribution in [2.75, 3.05) is 0 Å². The molecule has 0 aliphatic heterocycles. The Morgan fingerprint density at radius 1 is 1.44 bits per heavy atom. The van der Waals surface area contributed by atoms with E-state index in [0.717, 1.165) is 27.2 Å². The number of nitrogens with two attached hydrogens (primary N) is 1. The SMILES string of the molecule is Cc1cc(Br)cc(CN)c1OCc1ncnn1C. The van der Waals surface area contributed by atoms with Crippen molar-refractivity contribution in [3.05, 3.63) is 39.9 Å². The molecule has 0 radical (unpaired) electrons. The van der Waals surface area contributed by atoms with Gasteiger partial charge in [0.15, 0.2) is 5.82 Å². The minimum absolute atomic E-state index is 0.381. The smallest absolute Gasteiger partial charge is 0.164 e. The predicted molar refractivity (Wildman–Crippen MR) is 72.1 cm³/mol. The van der Waals surface area contributed by atoms with Gasteiger partial charge in [0, 0.05) is 23.6 Å². The van der Waals surface area contributed by atoms with Crippen molar-refractivity contribution in [1.82, 2.24) is 14.8 Å². The van der Waals surface area contributed by atoms with Crippen LogP contribution in [-0.2, 0) is 20.2 Å². The fourth-order valence-corrected chi connectivity index (χ4v) is 2.36. The number of nitrogens with zero attached hydrogens (tertiary/aromatic N) is 3. The molecule has 0 amide bonds. The second-order valence-electron chi connectivity index (χ2n) is 4.00. The second kappa shape index (κ2) is 5.49. The van der Waals surface area contributed by atoms with E-state index in [-0.39, 0.29) is 0 Å². The van der Waals surface area contributed by atoms with Crippen LogP contribution in [-0.4, -0.2) is 14.8 Å². The van der Waals surface area contributed by atoms with Crippen LogP contribution in [0.15, 0.2) is 22.9 Å². The van der Waals surface area contributed by atoms with Crippen molar-refractivity contribution >= 4 is 15.9 Å². The first-order valence-corrected chi connectivity index (χ1v) is 6.36. The highest BCUT2D eigenvalue weighted by Crippen LogP contribution is 2.28. The Labute approximate surface area is 114 Å². The summed E-state index contributed by atoms with van der Waals surface area (Å²) < 4.78 is 8.51. The Kier molecular flexibility index (Phi) is 3.98. The van der Waals surface area contributed by atoms with Crippen LogP contribution in [0.4, 0.5) is 0 Å². The van der Waals surface area contributed by atoms with Crippen LogP contribution < -0.4 is 10.5 Å². The molecular weight excluding hydrogens is 296 g/mol. The molecule has 0 saturated heterocycles. The minimum Gasteiger partial charge on any atom is -0.485 e. The number of ether oxygens (including phenoxy) is 1. The lowest BCUT2D eigenvalue weighted by Crippen LogP contribution is -2.08. The molecule has 0 aliphatic rings. The predicted octanol–water partition coefficient (Wildman–Crippen LogP) is 1.92. The molecule has 0 spiro atoms. The zero-order valence-corrected chi connectivity index (χ0v) is 11.9. The molecule has 2 N–H and O–H groups in total. The molecule has 2 aromatic rings. The second-order valence-corrected chi connectivity index (χ2v) is 4.92. The van der Waals surface area contributed by atoms with Gasteiger partial charge in [0.1, 0.15) is 18.7 Å². The quantitative estimate of drug-likeness (QED) is 0.937. The molecule has 96 valence electrons. The first kappa shape index (κ1) is 13.0. The molecule has 0 saturated carbocycles. The van der Waals surface area contributed by atoms with E-state index in [0.29, 0.717) is 13.2 Å². The van der Waals surface area contributed by atoms with Gasteiger partial charge in [-0.3, -0.25) is 4.68 Å². The lowest BCUT2D eigenvalue weighted by atomic mass is 10.1. The summed E-state index contributed by atoms with van der Waals surface area (Å²) >= 11 is 3.45. The van der Waals surface area contributed by atoms with Gasteiger partial charge in [0.25, 0.3) is 0 Å². The molecule has 0 bridgehead atoms. The van der Waals surface area contributed by atoms with Crippen LogP contribution in [0.3, 0.4) is 0 Å². The summed E-state index contributed by atoms with van der Waals surface area (Å²) in [4.78, 5) is 4.12. The molecular formula is C12H15BrN4O. The van der Waals surface area contributed by atoms with Gasteiger partial charge < -0.3 is 10.5 Å². The molecule has 0 fully saturated rings. The average Bonchev–Trinajstić information content (AvgIpc) is 2.73. The number of hydrogen-bond acceptors (Lipinski definition) is 4. The van der Waals surface area contributed by atoms with Crippen LogP contribution in [0.1, 0.15) is 17.0 Å². The standard InChI is InChI=1S/C12H15BrN4O/c1-8-3-10(13)4-9(5-14)12(8)18-6-11-15-7-16-17(11)2/h3-4,7H,5-6,14H2,1-2H3. The third-order valence-corrected chi connectivity index (χ3v) is 3.14. The Hall–Kier alpha value is -1.40. The van der Waals surface area contributed by atoms with E-state index in [4.69, 9.17) is 10.5 Å². The van der Waals surface area contributed by atoms with Gasteiger partial charge in [0.2, 0.25) is 0 Å². The number of aromatic nitrogens is 3. The number of aryl methyl sites for hydroxylation is 2. The Balaban J connectivity index is 2.21. The van der Waals surface area contributed by atoms with E-state index in [1.807, 2.05) is 26.1 Å². The fourth-order valence-electron chi connectivity index (χ4n) is 1.74. The molecule has 0 aliphatic carbocycles. The van der Waals surface area contributed by atoms with Gasteiger partial charge in [0.05, 0.1) is 0 Å². The average molecular weight is 311 g/mol. The maximum atomic E-state index is 5.81.